The van der Waals surface area contributed by atoms with Gasteiger partial charge >= 0.3 is 4.94 Å². The average Bonchev–Trinajstić information content (AvgIpc) is 2.73. The topological polar surface area (TPSA) is 65.2 Å². The van der Waals surface area contributed by atoms with Crippen LogP contribution in [0, 0.1) is 0 Å². The van der Waals surface area contributed by atoms with Gasteiger partial charge in [-0.05, 0) is 17.7 Å². The molecule has 0 fully saturated rings. The summed E-state index contributed by atoms with van der Waals surface area (Å²) in [6, 6.07) is 3.57. The largest absolute Gasteiger partial charge is 0.481 e. The van der Waals surface area contributed by atoms with Crippen LogP contribution in [0.1, 0.15) is 11.5 Å². The highest BCUT2D eigenvalue weighted by Crippen LogP contribution is 2.11. The molecule has 0 amide bonds. The van der Waals surface area contributed by atoms with Crippen LogP contribution in [0.2, 0.25) is 0 Å². The van der Waals surface area contributed by atoms with Crippen molar-refractivity contribution in [1.82, 2.24) is 9.36 Å². The third-order valence-electron chi connectivity index (χ3n) is 1.78. The van der Waals surface area contributed by atoms with Gasteiger partial charge in [-0.3, -0.25) is 0 Å². The van der Waals surface area contributed by atoms with Gasteiger partial charge in [-0.15, -0.1) is 4.37 Å². The van der Waals surface area contributed by atoms with Crippen LogP contribution in [0.25, 0.3) is 12.2 Å². The van der Waals surface area contributed by atoms with Crippen LogP contribution in [-0.2, 0) is 0 Å². The van der Waals surface area contributed by atoms with E-state index in [2.05, 4.69) is 9.36 Å². The molecular formula is C10H8N2O3S. The van der Waals surface area contributed by atoms with E-state index in [1.165, 1.54) is 0 Å². The minimum atomic E-state index is -0.410. The van der Waals surface area contributed by atoms with Crippen molar-refractivity contribution >= 4 is 23.7 Å². The molecule has 82 valence electrons. The summed E-state index contributed by atoms with van der Waals surface area (Å²) in [4.78, 5) is 14.3. The molecule has 2 heterocycles. The van der Waals surface area contributed by atoms with Crippen LogP contribution < -0.4 is 9.68 Å². The van der Waals surface area contributed by atoms with Crippen molar-refractivity contribution in [2.24, 2.45) is 0 Å². The highest BCUT2D eigenvalue weighted by molar-refractivity contribution is 7.02. The zero-order chi connectivity index (χ0) is 11.4. The first kappa shape index (κ1) is 10.6. The number of aromatic nitrogens is 2. The SMILES string of the molecule is COc1cc(/C=C/c2nsc(=O)o2)ccn1. The number of rotatable bonds is 3. The maximum atomic E-state index is 10.7. The second-order valence-electron chi connectivity index (χ2n) is 2.84. The van der Waals surface area contributed by atoms with E-state index in [0.717, 1.165) is 17.1 Å². The first-order valence-electron chi connectivity index (χ1n) is 4.43. The van der Waals surface area contributed by atoms with Crippen molar-refractivity contribution < 1.29 is 9.15 Å². The molecule has 16 heavy (non-hydrogen) atoms. The molecule has 0 saturated carbocycles. The van der Waals surface area contributed by atoms with Gasteiger partial charge < -0.3 is 9.15 Å². The van der Waals surface area contributed by atoms with Crippen LogP contribution in [0.4, 0.5) is 0 Å². The second kappa shape index (κ2) is 4.71. The first-order valence-corrected chi connectivity index (χ1v) is 5.20. The van der Waals surface area contributed by atoms with Gasteiger partial charge in [0.1, 0.15) is 0 Å². The first-order chi connectivity index (χ1) is 7.78. The Morgan fingerprint density at radius 3 is 3.06 bits per heavy atom. The zero-order valence-corrected chi connectivity index (χ0v) is 9.23. The maximum Gasteiger partial charge on any atom is 0.414 e. The van der Waals surface area contributed by atoms with Crippen molar-refractivity contribution in [2.75, 3.05) is 7.11 Å². The van der Waals surface area contributed by atoms with Gasteiger partial charge in [0.05, 0.1) is 18.6 Å². The Kier molecular flexibility index (Phi) is 3.11. The quantitative estimate of drug-likeness (QED) is 0.811. The van der Waals surface area contributed by atoms with E-state index in [1.807, 2.05) is 6.07 Å². The van der Waals surface area contributed by atoms with Crippen molar-refractivity contribution in [2.45, 2.75) is 0 Å². The molecule has 0 N–H and O–H groups in total. The lowest BCUT2D eigenvalue weighted by atomic mass is 10.2. The molecule has 0 aromatic carbocycles. The van der Waals surface area contributed by atoms with Crippen LogP contribution in [0.5, 0.6) is 5.88 Å². The highest BCUT2D eigenvalue weighted by Gasteiger charge is 1.97. The summed E-state index contributed by atoms with van der Waals surface area (Å²) in [5, 5.41) is 0. The fourth-order valence-corrected chi connectivity index (χ4v) is 1.46. The second-order valence-corrected chi connectivity index (χ2v) is 3.54. The summed E-state index contributed by atoms with van der Waals surface area (Å²) in [6.45, 7) is 0. The molecule has 0 aliphatic heterocycles. The zero-order valence-electron chi connectivity index (χ0n) is 8.41. The lowest BCUT2D eigenvalue weighted by Gasteiger charge is -1.97. The third-order valence-corrected chi connectivity index (χ3v) is 2.29. The highest BCUT2D eigenvalue weighted by atomic mass is 32.1. The molecule has 0 radical (unpaired) electrons. The summed E-state index contributed by atoms with van der Waals surface area (Å²) < 4.78 is 13.6. The third kappa shape index (κ3) is 2.54. The monoisotopic (exact) mass is 236 g/mol. The van der Waals surface area contributed by atoms with E-state index < -0.39 is 4.94 Å². The number of pyridine rings is 1. The summed E-state index contributed by atoms with van der Waals surface area (Å²) in [7, 11) is 1.55. The Morgan fingerprint density at radius 1 is 1.50 bits per heavy atom. The van der Waals surface area contributed by atoms with Gasteiger partial charge in [-0.25, -0.2) is 9.78 Å². The maximum absolute atomic E-state index is 10.7. The standard InChI is InChI=1S/C10H8N2O3S/c1-14-9-6-7(4-5-11-9)2-3-8-12-16-10(13)15-8/h2-6H,1H3/b3-2+. The molecule has 6 heteroatoms. The van der Waals surface area contributed by atoms with Crippen LogP contribution in [-0.4, -0.2) is 16.5 Å². The average molecular weight is 236 g/mol. The Labute approximate surface area is 95.2 Å². The van der Waals surface area contributed by atoms with Crippen molar-refractivity contribution in [3.05, 3.63) is 39.5 Å². The van der Waals surface area contributed by atoms with E-state index in [-0.39, 0.29) is 0 Å². The van der Waals surface area contributed by atoms with E-state index in [4.69, 9.17) is 9.15 Å². The fraction of sp³-hybridized carbons (Fsp3) is 0.100. The molecule has 2 aromatic rings. The van der Waals surface area contributed by atoms with Gasteiger partial charge in [0.25, 0.3) is 0 Å². The molecule has 0 atom stereocenters. The number of ether oxygens (including phenoxy) is 1. The molecule has 0 saturated heterocycles. The van der Waals surface area contributed by atoms with E-state index in [9.17, 15) is 4.79 Å². The normalized spacial score (nSPS) is 10.8. The number of hydrogen-bond donors (Lipinski definition) is 0. The molecule has 0 aliphatic rings. The van der Waals surface area contributed by atoms with Crippen LogP contribution in [0.15, 0.2) is 27.5 Å². The predicted octanol–water partition coefficient (Wildman–Crippen LogP) is 1.67. The molecule has 2 rings (SSSR count). The van der Waals surface area contributed by atoms with E-state index in [1.54, 1.807) is 31.5 Å². The van der Waals surface area contributed by atoms with Crippen LogP contribution >= 0.6 is 11.5 Å². The molecule has 0 aliphatic carbocycles. The van der Waals surface area contributed by atoms with E-state index >= 15 is 0 Å². The van der Waals surface area contributed by atoms with E-state index in [0.29, 0.717) is 11.8 Å². The predicted molar refractivity (Wildman–Crippen MR) is 60.4 cm³/mol. The Bertz CT molecular complexity index is 559. The Morgan fingerprint density at radius 2 is 2.38 bits per heavy atom. The number of hydrogen-bond acceptors (Lipinski definition) is 6. The van der Waals surface area contributed by atoms with Gasteiger partial charge in [-0.1, -0.05) is 0 Å². The summed E-state index contributed by atoms with van der Waals surface area (Å²) in [6.07, 6.45) is 5.02. The fourth-order valence-electron chi connectivity index (χ4n) is 1.08. The molecular weight excluding hydrogens is 228 g/mol. The Balaban J connectivity index is 2.20. The Hall–Kier alpha value is -1.95. The molecule has 0 bridgehead atoms. The molecule has 2 aromatic heterocycles. The molecule has 5 nitrogen and oxygen atoms in total. The lowest BCUT2D eigenvalue weighted by Crippen LogP contribution is -1.86. The molecule has 0 spiro atoms. The van der Waals surface area contributed by atoms with Crippen LogP contribution in [0.3, 0.4) is 0 Å². The number of nitrogens with zero attached hydrogens (tertiary/aromatic N) is 2. The summed E-state index contributed by atoms with van der Waals surface area (Å²) in [5.74, 6) is 0.827. The number of methoxy groups -OCH3 is 1. The lowest BCUT2D eigenvalue weighted by molar-refractivity contribution is 0.398. The smallest absolute Gasteiger partial charge is 0.414 e. The van der Waals surface area contributed by atoms with Crippen molar-refractivity contribution in [1.29, 1.82) is 0 Å². The van der Waals surface area contributed by atoms with Gasteiger partial charge in [0.2, 0.25) is 11.8 Å². The van der Waals surface area contributed by atoms with Gasteiger partial charge in [0.15, 0.2) is 0 Å². The minimum absolute atomic E-state index is 0.297. The summed E-state index contributed by atoms with van der Waals surface area (Å²) in [5.41, 5.74) is 0.891. The van der Waals surface area contributed by atoms with Gasteiger partial charge in [0, 0.05) is 18.3 Å². The summed E-state index contributed by atoms with van der Waals surface area (Å²) >= 11 is 0.787. The molecule has 0 unspecified atom stereocenters. The van der Waals surface area contributed by atoms with Gasteiger partial charge in [-0.2, -0.15) is 0 Å². The van der Waals surface area contributed by atoms with Crippen molar-refractivity contribution in [3.8, 4) is 5.88 Å². The minimum Gasteiger partial charge on any atom is -0.481 e. The van der Waals surface area contributed by atoms with Crippen molar-refractivity contribution in [3.63, 3.8) is 0 Å².